The first kappa shape index (κ1) is 15.2. The van der Waals surface area contributed by atoms with Crippen molar-refractivity contribution in [2.75, 3.05) is 0 Å². The molecule has 0 unspecified atom stereocenters. The molecule has 0 spiro atoms. The zero-order chi connectivity index (χ0) is 16.2. The highest BCUT2D eigenvalue weighted by molar-refractivity contribution is 5.47. The molecule has 0 radical (unpaired) electrons. The van der Waals surface area contributed by atoms with Crippen molar-refractivity contribution in [3.05, 3.63) is 65.9 Å². The molecule has 120 valence electrons. The first-order valence-electron chi connectivity index (χ1n) is 7.76. The molecule has 0 atom stereocenters. The number of nitrogens with zero attached hydrogens (tertiary/aromatic N) is 3. The maximum absolute atomic E-state index is 10.2. The van der Waals surface area contributed by atoms with Gasteiger partial charge in [0.15, 0.2) is 5.75 Å². The van der Waals surface area contributed by atoms with Crippen molar-refractivity contribution in [2.24, 2.45) is 0 Å². The lowest BCUT2D eigenvalue weighted by Gasteiger charge is -2.11. The quantitative estimate of drug-likeness (QED) is 0.735. The van der Waals surface area contributed by atoms with E-state index in [0.29, 0.717) is 13.0 Å². The van der Waals surface area contributed by atoms with Crippen LogP contribution in [0.25, 0.3) is 0 Å². The number of hydrogen-bond acceptors (Lipinski definition) is 3. The molecule has 2 heterocycles. The monoisotopic (exact) mass is 311 g/mol. The van der Waals surface area contributed by atoms with Gasteiger partial charge < -0.3 is 19.3 Å². The third kappa shape index (κ3) is 3.23. The van der Waals surface area contributed by atoms with Crippen LogP contribution in [0, 0.1) is 6.92 Å². The van der Waals surface area contributed by atoms with Crippen LogP contribution in [0.4, 0.5) is 0 Å². The Labute approximate surface area is 135 Å². The maximum atomic E-state index is 10.2. The highest BCUT2D eigenvalue weighted by Crippen LogP contribution is 2.35. The Morgan fingerprint density at radius 2 is 1.87 bits per heavy atom. The summed E-state index contributed by atoms with van der Waals surface area (Å²) < 4.78 is 3.82. The van der Waals surface area contributed by atoms with Crippen LogP contribution in [0.2, 0.25) is 0 Å². The van der Waals surface area contributed by atoms with Crippen LogP contribution >= 0.6 is 0 Å². The molecular formula is C18H21N3O2. The Morgan fingerprint density at radius 1 is 1.09 bits per heavy atom. The number of benzene rings is 1. The van der Waals surface area contributed by atoms with Crippen LogP contribution in [0.3, 0.4) is 0 Å². The van der Waals surface area contributed by atoms with Crippen LogP contribution in [0.5, 0.6) is 11.6 Å². The second-order valence-electron chi connectivity index (χ2n) is 5.71. The number of hydrogen-bond donors (Lipinski definition) is 2. The maximum Gasteiger partial charge on any atom is 0.235 e. The molecule has 0 saturated heterocycles. The van der Waals surface area contributed by atoms with Gasteiger partial charge in [0.05, 0.1) is 6.33 Å². The van der Waals surface area contributed by atoms with Gasteiger partial charge in [-0.05, 0) is 18.9 Å². The third-order valence-electron chi connectivity index (χ3n) is 4.15. The van der Waals surface area contributed by atoms with Crippen molar-refractivity contribution in [1.82, 2.24) is 14.1 Å². The first-order valence-corrected chi connectivity index (χ1v) is 7.76. The molecule has 5 heteroatoms. The van der Waals surface area contributed by atoms with Crippen LogP contribution in [-0.2, 0) is 19.5 Å². The molecule has 3 aromatic rings. The second kappa shape index (κ2) is 6.60. The Bertz CT molecular complexity index is 761. The van der Waals surface area contributed by atoms with Crippen LogP contribution in [0.1, 0.15) is 23.2 Å². The minimum atomic E-state index is -0.0425. The summed E-state index contributed by atoms with van der Waals surface area (Å²) in [4.78, 5) is 4.02. The highest BCUT2D eigenvalue weighted by atomic mass is 16.3. The molecule has 0 amide bonds. The molecule has 0 bridgehead atoms. The van der Waals surface area contributed by atoms with Crippen molar-refractivity contribution in [1.29, 1.82) is 0 Å². The predicted octanol–water partition coefficient (Wildman–Crippen LogP) is 3.09. The second-order valence-corrected chi connectivity index (χ2v) is 5.71. The number of aryl methyl sites for hydroxylation is 1. The van der Waals surface area contributed by atoms with E-state index in [1.165, 1.54) is 0 Å². The van der Waals surface area contributed by atoms with Crippen LogP contribution in [-0.4, -0.2) is 24.3 Å². The van der Waals surface area contributed by atoms with E-state index in [1.54, 1.807) is 12.5 Å². The molecular weight excluding hydrogens is 290 g/mol. The van der Waals surface area contributed by atoms with Gasteiger partial charge in [0.25, 0.3) is 0 Å². The van der Waals surface area contributed by atoms with E-state index in [9.17, 15) is 10.2 Å². The van der Waals surface area contributed by atoms with Gasteiger partial charge in [0.1, 0.15) is 0 Å². The number of aromatic hydroxyl groups is 2. The summed E-state index contributed by atoms with van der Waals surface area (Å²) in [6.07, 6.45) is 6.99. The summed E-state index contributed by atoms with van der Waals surface area (Å²) in [5.74, 6) is -0.0578. The molecule has 1 aromatic carbocycles. The average Bonchev–Trinajstić information content (AvgIpc) is 3.15. The SMILES string of the molecule is Cc1c(O)c(O)n(CCCn2ccnc2)c1Cc1ccccc1. The first-order chi connectivity index (χ1) is 11.2. The van der Waals surface area contributed by atoms with Gasteiger partial charge in [-0.1, -0.05) is 30.3 Å². The molecule has 0 aliphatic heterocycles. The highest BCUT2D eigenvalue weighted by Gasteiger charge is 2.19. The molecule has 0 aliphatic rings. The lowest BCUT2D eigenvalue weighted by molar-refractivity contribution is 0.365. The third-order valence-corrected chi connectivity index (χ3v) is 4.15. The van der Waals surface area contributed by atoms with Gasteiger partial charge >= 0.3 is 0 Å². The Morgan fingerprint density at radius 3 is 2.57 bits per heavy atom. The minimum absolute atomic E-state index is 0.0152. The lowest BCUT2D eigenvalue weighted by atomic mass is 10.1. The number of rotatable bonds is 6. The topological polar surface area (TPSA) is 63.2 Å². The van der Waals surface area contributed by atoms with Gasteiger partial charge in [-0.25, -0.2) is 4.98 Å². The molecule has 23 heavy (non-hydrogen) atoms. The van der Waals surface area contributed by atoms with Crippen molar-refractivity contribution < 1.29 is 10.2 Å². The van der Waals surface area contributed by atoms with Gasteiger partial charge in [0.2, 0.25) is 5.88 Å². The van der Waals surface area contributed by atoms with E-state index in [0.717, 1.165) is 29.8 Å². The molecule has 0 aliphatic carbocycles. The van der Waals surface area contributed by atoms with Gasteiger partial charge in [-0.15, -0.1) is 0 Å². The summed E-state index contributed by atoms with van der Waals surface area (Å²) in [7, 11) is 0. The summed E-state index contributed by atoms with van der Waals surface area (Å²) in [6, 6.07) is 10.1. The minimum Gasteiger partial charge on any atom is -0.503 e. The fourth-order valence-electron chi connectivity index (χ4n) is 2.85. The van der Waals surface area contributed by atoms with Crippen molar-refractivity contribution in [3.63, 3.8) is 0 Å². The number of aromatic nitrogens is 3. The average molecular weight is 311 g/mol. The van der Waals surface area contributed by atoms with Crippen LogP contribution < -0.4 is 0 Å². The van der Waals surface area contributed by atoms with Gasteiger partial charge in [-0.3, -0.25) is 0 Å². The Balaban J connectivity index is 1.79. The fraction of sp³-hybridized carbons (Fsp3) is 0.278. The summed E-state index contributed by atoms with van der Waals surface area (Å²) in [5.41, 5.74) is 2.86. The molecule has 0 fully saturated rings. The van der Waals surface area contributed by atoms with E-state index in [4.69, 9.17) is 0 Å². The van der Waals surface area contributed by atoms with Gasteiger partial charge in [-0.2, -0.15) is 0 Å². The standard InChI is InChI=1S/C18H21N3O2/c1-14-16(12-15-6-3-2-4-7-15)21(18(23)17(14)22)10-5-9-20-11-8-19-13-20/h2-4,6-8,11,13,22-23H,5,9-10,12H2,1H3. The number of imidazole rings is 1. The van der Waals surface area contributed by atoms with E-state index < -0.39 is 0 Å². The van der Waals surface area contributed by atoms with Crippen LogP contribution in [0.15, 0.2) is 49.1 Å². The molecule has 0 saturated carbocycles. The van der Waals surface area contributed by atoms with E-state index in [1.807, 2.05) is 40.5 Å². The van der Waals surface area contributed by atoms with E-state index in [-0.39, 0.29) is 11.6 Å². The van der Waals surface area contributed by atoms with Crippen molar-refractivity contribution in [2.45, 2.75) is 32.9 Å². The normalized spacial score (nSPS) is 11.0. The smallest absolute Gasteiger partial charge is 0.235 e. The summed E-state index contributed by atoms with van der Waals surface area (Å²) >= 11 is 0. The predicted molar refractivity (Wildman–Crippen MR) is 88.6 cm³/mol. The largest absolute Gasteiger partial charge is 0.503 e. The molecule has 3 rings (SSSR count). The van der Waals surface area contributed by atoms with Crippen molar-refractivity contribution >= 4 is 0 Å². The molecule has 5 nitrogen and oxygen atoms in total. The molecule has 2 N–H and O–H groups in total. The van der Waals surface area contributed by atoms with E-state index >= 15 is 0 Å². The zero-order valence-corrected chi connectivity index (χ0v) is 13.2. The van der Waals surface area contributed by atoms with E-state index in [2.05, 4.69) is 17.1 Å². The Kier molecular flexibility index (Phi) is 4.37. The summed E-state index contributed by atoms with van der Waals surface area (Å²) in [5, 5.41) is 20.3. The summed E-state index contributed by atoms with van der Waals surface area (Å²) in [6.45, 7) is 3.31. The molecule has 2 aromatic heterocycles. The Hall–Kier alpha value is -2.69. The van der Waals surface area contributed by atoms with Gasteiger partial charge in [0, 0.05) is 43.2 Å². The van der Waals surface area contributed by atoms with Crippen molar-refractivity contribution in [3.8, 4) is 11.6 Å². The lowest BCUT2D eigenvalue weighted by Crippen LogP contribution is -2.07. The zero-order valence-electron chi connectivity index (χ0n) is 13.2. The fourth-order valence-corrected chi connectivity index (χ4v) is 2.85.